The molecule has 3 aromatic rings. The van der Waals surface area contributed by atoms with Gasteiger partial charge in [-0.2, -0.15) is 4.52 Å². The highest BCUT2D eigenvalue weighted by Gasteiger charge is 2.22. The minimum absolute atomic E-state index is 0.169. The van der Waals surface area contributed by atoms with Gasteiger partial charge in [-0.05, 0) is 25.3 Å². The lowest BCUT2D eigenvalue weighted by molar-refractivity contribution is 0.0515. The van der Waals surface area contributed by atoms with E-state index >= 15 is 0 Å². The highest BCUT2D eigenvalue weighted by Crippen LogP contribution is 2.24. The predicted molar refractivity (Wildman–Crippen MR) is 95.6 cm³/mol. The highest BCUT2D eigenvalue weighted by molar-refractivity contribution is 7.20. The molecule has 1 aromatic carbocycles. The zero-order valence-electron chi connectivity index (χ0n) is 13.7. The maximum atomic E-state index is 12.0. The van der Waals surface area contributed by atoms with Gasteiger partial charge in [-0.25, -0.2) is 4.98 Å². The molecule has 7 heteroatoms. The third kappa shape index (κ3) is 3.47. The van der Waals surface area contributed by atoms with E-state index in [1.165, 1.54) is 21.9 Å². The normalized spacial score (nSPS) is 13.8. The standard InChI is InChI=1S/C17H20N4O2S/c1-3-13-11-14(22)21-16(19-13)24-15(20-21)18-10-9-17(2,23)12-7-5-4-6-8-12/h4-8,11,23H,3,9-10H2,1-2H3,(H,18,20). The van der Waals surface area contributed by atoms with E-state index in [0.717, 1.165) is 11.3 Å². The van der Waals surface area contributed by atoms with Crippen molar-refractivity contribution < 1.29 is 5.11 Å². The summed E-state index contributed by atoms with van der Waals surface area (Å²) in [5.74, 6) is 0. The summed E-state index contributed by atoms with van der Waals surface area (Å²) < 4.78 is 1.31. The number of nitrogens with zero attached hydrogens (tertiary/aromatic N) is 3. The predicted octanol–water partition coefficient (Wildman–Crippen LogP) is 2.42. The fraction of sp³-hybridized carbons (Fsp3) is 0.353. The molecule has 2 N–H and O–H groups in total. The summed E-state index contributed by atoms with van der Waals surface area (Å²) in [4.78, 5) is 17.0. The summed E-state index contributed by atoms with van der Waals surface area (Å²) in [6, 6.07) is 11.1. The van der Waals surface area contributed by atoms with Crippen molar-refractivity contribution in [2.75, 3.05) is 11.9 Å². The van der Waals surface area contributed by atoms with Gasteiger partial charge in [-0.1, -0.05) is 48.6 Å². The molecular weight excluding hydrogens is 324 g/mol. The van der Waals surface area contributed by atoms with Gasteiger partial charge in [-0.3, -0.25) is 4.79 Å². The van der Waals surface area contributed by atoms with E-state index < -0.39 is 5.60 Å². The first kappa shape index (κ1) is 16.6. The van der Waals surface area contributed by atoms with E-state index in [4.69, 9.17) is 0 Å². The van der Waals surface area contributed by atoms with E-state index in [9.17, 15) is 9.90 Å². The van der Waals surface area contributed by atoms with Crippen LogP contribution in [0.5, 0.6) is 0 Å². The maximum Gasteiger partial charge on any atom is 0.275 e. The molecule has 0 fully saturated rings. The lowest BCUT2D eigenvalue weighted by Crippen LogP contribution is -2.24. The van der Waals surface area contributed by atoms with Gasteiger partial charge >= 0.3 is 0 Å². The van der Waals surface area contributed by atoms with Crippen LogP contribution in [0.1, 0.15) is 31.5 Å². The second kappa shape index (κ2) is 6.70. The van der Waals surface area contributed by atoms with Gasteiger partial charge in [0, 0.05) is 18.3 Å². The average Bonchev–Trinajstić information content (AvgIpc) is 2.99. The number of nitrogens with one attached hydrogen (secondary N) is 1. The Morgan fingerprint density at radius 2 is 2.08 bits per heavy atom. The average molecular weight is 344 g/mol. The van der Waals surface area contributed by atoms with Crippen molar-refractivity contribution in [1.29, 1.82) is 0 Å². The molecule has 126 valence electrons. The molecule has 0 aliphatic heterocycles. The van der Waals surface area contributed by atoms with E-state index in [-0.39, 0.29) is 5.56 Å². The van der Waals surface area contributed by atoms with Crippen LogP contribution in [0.2, 0.25) is 0 Å². The number of fused-ring (bicyclic) bond motifs is 1. The van der Waals surface area contributed by atoms with Crippen LogP contribution in [0.3, 0.4) is 0 Å². The molecule has 0 aliphatic carbocycles. The van der Waals surface area contributed by atoms with Crippen molar-refractivity contribution in [1.82, 2.24) is 14.6 Å². The Hall–Kier alpha value is -2.25. The van der Waals surface area contributed by atoms with Gasteiger partial charge in [0.25, 0.3) is 5.56 Å². The fourth-order valence-corrected chi connectivity index (χ4v) is 3.31. The molecule has 0 saturated carbocycles. The molecular formula is C17H20N4O2S. The topological polar surface area (TPSA) is 79.5 Å². The first-order valence-corrected chi connectivity index (χ1v) is 8.73. The first-order valence-electron chi connectivity index (χ1n) is 7.91. The molecule has 0 radical (unpaired) electrons. The molecule has 0 saturated heterocycles. The Bertz CT molecular complexity index is 886. The van der Waals surface area contributed by atoms with Crippen LogP contribution in [-0.4, -0.2) is 26.2 Å². The van der Waals surface area contributed by atoms with Crippen molar-refractivity contribution in [2.45, 2.75) is 32.3 Å². The summed E-state index contributed by atoms with van der Waals surface area (Å²) in [6.07, 6.45) is 1.24. The summed E-state index contributed by atoms with van der Waals surface area (Å²) in [5.41, 5.74) is 0.552. The Labute approximate surface area is 143 Å². The summed E-state index contributed by atoms with van der Waals surface area (Å²) in [7, 11) is 0. The van der Waals surface area contributed by atoms with Crippen molar-refractivity contribution in [3.8, 4) is 0 Å². The maximum absolute atomic E-state index is 12.0. The number of hydrogen-bond donors (Lipinski definition) is 2. The number of benzene rings is 1. The number of anilines is 1. The molecule has 1 atom stereocenters. The SMILES string of the molecule is CCc1cc(=O)n2nc(NCCC(C)(O)c3ccccc3)sc2n1. The molecule has 24 heavy (non-hydrogen) atoms. The first-order chi connectivity index (χ1) is 11.5. The van der Waals surface area contributed by atoms with Gasteiger partial charge in [0.15, 0.2) is 0 Å². The zero-order chi connectivity index (χ0) is 17.2. The van der Waals surface area contributed by atoms with Gasteiger partial charge in [0.2, 0.25) is 10.1 Å². The van der Waals surface area contributed by atoms with Crippen LogP contribution in [0.15, 0.2) is 41.2 Å². The largest absolute Gasteiger partial charge is 0.385 e. The second-order valence-corrected chi connectivity index (χ2v) is 6.81. The number of rotatable bonds is 6. The molecule has 2 aromatic heterocycles. The third-order valence-corrected chi connectivity index (χ3v) is 4.81. The smallest absolute Gasteiger partial charge is 0.275 e. The Morgan fingerprint density at radius 1 is 1.33 bits per heavy atom. The molecule has 6 nitrogen and oxygen atoms in total. The summed E-state index contributed by atoms with van der Waals surface area (Å²) in [6.45, 7) is 4.29. The van der Waals surface area contributed by atoms with E-state index in [1.54, 1.807) is 6.92 Å². The van der Waals surface area contributed by atoms with Gasteiger partial charge < -0.3 is 10.4 Å². The van der Waals surface area contributed by atoms with E-state index in [2.05, 4.69) is 15.4 Å². The number of aryl methyl sites for hydroxylation is 1. The number of aliphatic hydroxyl groups is 1. The number of aromatic nitrogens is 3. The fourth-order valence-electron chi connectivity index (χ4n) is 2.46. The molecule has 0 spiro atoms. The Morgan fingerprint density at radius 3 is 2.79 bits per heavy atom. The van der Waals surface area contributed by atoms with Gasteiger partial charge in [0.05, 0.1) is 5.60 Å². The minimum atomic E-state index is -0.921. The number of hydrogen-bond acceptors (Lipinski definition) is 6. The van der Waals surface area contributed by atoms with Gasteiger partial charge in [-0.15, -0.1) is 5.10 Å². The lowest BCUT2D eigenvalue weighted by atomic mass is 9.93. The minimum Gasteiger partial charge on any atom is -0.385 e. The Balaban J connectivity index is 1.70. The molecule has 1 unspecified atom stereocenters. The Kier molecular flexibility index (Phi) is 4.64. The van der Waals surface area contributed by atoms with Crippen molar-refractivity contribution in [3.63, 3.8) is 0 Å². The monoisotopic (exact) mass is 344 g/mol. The van der Waals surface area contributed by atoms with Crippen LogP contribution in [0, 0.1) is 0 Å². The van der Waals surface area contributed by atoms with Crippen LogP contribution in [0.4, 0.5) is 5.13 Å². The molecule has 2 heterocycles. The van der Waals surface area contributed by atoms with E-state index in [1.807, 2.05) is 37.3 Å². The van der Waals surface area contributed by atoms with Crippen molar-refractivity contribution in [2.24, 2.45) is 0 Å². The summed E-state index contributed by atoms with van der Waals surface area (Å²) >= 11 is 1.34. The van der Waals surface area contributed by atoms with Crippen molar-refractivity contribution >= 4 is 21.4 Å². The van der Waals surface area contributed by atoms with Crippen molar-refractivity contribution in [3.05, 3.63) is 58.0 Å². The molecule has 3 rings (SSSR count). The molecule has 0 aliphatic rings. The molecule has 0 bridgehead atoms. The van der Waals surface area contributed by atoms with Crippen LogP contribution in [-0.2, 0) is 12.0 Å². The highest BCUT2D eigenvalue weighted by atomic mass is 32.1. The second-order valence-electron chi connectivity index (χ2n) is 5.86. The lowest BCUT2D eigenvalue weighted by Gasteiger charge is -2.23. The van der Waals surface area contributed by atoms with E-state index in [0.29, 0.717) is 29.5 Å². The van der Waals surface area contributed by atoms with Crippen LogP contribution < -0.4 is 10.9 Å². The quantitative estimate of drug-likeness (QED) is 0.718. The van der Waals surface area contributed by atoms with Gasteiger partial charge in [0.1, 0.15) is 0 Å². The van der Waals surface area contributed by atoms with Crippen LogP contribution >= 0.6 is 11.3 Å². The third-order valence-electron chi connectivity index (χ3n) is 3.94. The zero-order valence-corrected chi connectivity index (χ0v) is 14.5. The summed E-state index contributed by atoms with van der Waals surface area (Å²) in [5, 5.41) is 18.6. The van der Waals surface area contributed by atoms with Crippen LogP contribution in [0.25, 0.3) is 4.96 Å². The molecule has 0 amide bonds.